The number of fused-ring (bicyclic) bond motifs is 1. The lowest BCUT2D eigenvalue weighted by Gasteiger charge is -2.24. The first-order chi connectivity index (χ1) is 15.9. The van der Waals surface area contributed by atoms with E-state index in [1.807, 2.05) is 31.2 Å². The van der Waals surface area contributed by atoms with Gasteiger partial charge in [-0.2, -0.15) is 0 Å². The Morgan fingerprint density at radius 1 is 1.33 bits per heavy atom. The van der Waals surface area contributed by atoms with E-state index in [1.165, 1.54) is 11.3 Å². The molecule has 176 valence electrons. The first kappa shape index (κ1) is 23.4. The van der Waals surface area contributed by atoms with Crippen molar-refractivity contribution in [2.24, 2.45) is 0 Å². The summed E-state index contributed by atoms with van der Waals surface area (Å²) in [6, 6.07) is 8.05. The van der Waals surface area contributed by atoms with Gasteiger partial charge >= 0.3 is 5.97 Å². The van der Waals surface area contributed by atoms with Gasteiger partial charge in [-0.25, -0.2) is 9.78 Å². The number of aliphatic hydroxyl groups is 1. The number of hydrogen-bond donors (Lipinski definition) is 2. The van der Waals surface area contributed by atoms with Crippen LogP contribution in [0.15, 0.2) is 29.1 Å². The number of hydrogen-bond acceptors (Lipinski definition) is 8. The molecule has 9 heteroatoms. The van der Waals surface area contributed by atoms with Crippen molar-refractivity contribution in [2.45, 2.75) is 52.3 Å². The number of H-pyrrole nitrogens is 1. The Hall–Kier alpha value is -2.75. The van der Waals surface area contributed by atoms with Crippen LogP contribution in [-0.4, -0.2) is 57.8 Å². The van der Waals surface area contributed by atoms with Crippen molar-refractivity contribution in [3.8, 4) is 5.75 Å². The summed E-state index contributed by atoms with van der Waals surface area (Å²) in [5, 5.41) is 11.0. The summed E-state index contributed by atoms with van der Waals surface area (Å²) >= 11 is 1.18. The zero-order valence-corrected chi connectivity index (χ0v) is 19.9. The van der Waals surface area contributed by atoms with E-state index in [2.05, 4.69) is 14.9 Å². The molecular formula is C24H29N3O5S. The van der Waals surface area contributed by atoms with Gasteiger partial charge in [-0.15, -0.1) is 11.3 Å². The number of carbonyl (C=O) groups excluding carboxylic acids is 1. The van der Waals surface area contributed by atoms with Gasteiger partial charge in [-0.1, -0.05) is 18.2 Å². The summed E-state index contributed by atoms with van der Waals surface area (Å²) in [5.41, 5.74) is 1.35. The molecule has 1 aromatic carbocycles. The summed E-state index contributed by atoms with van der Waals surface area (Å²) in [4.78, 5) is 35.5. The van der Waals surface area contributed by atoms with E-state index in [1.54, 1.807) is 13.8 Å². The van der Waals surface area contributed by atoms with Crippen molar-refractivity contribution < 1.29 is 19.4 Å². The lowest BCUT2D eigenvalue weighted by atomic mass is 10.2. The Balaban J connectivity index is 1.47. The molecule has 0 spiro atoms. The molecule has 1 fully saturated rings. The fraction of sp³-hybridized carbons (Fsp3) is 0.458. The molecule has 0 amide bonds. The number of ether oxygens (including phenoxy) is 2. The number of aromatic nitrogens is 2. The van der Waals surface area contributed by atoms with Crippen LogP contribution in [0.4, 0.5) is 0 Å². The zero-order chi connectivity index (χ0) is 23.5. The monoisotopic (exact) mass is 471 g/mol. The molecule has 3 aromatic rings. The van der Waals surface area contributed by atoms with Gasteiger partial charge in [0.05, 0.1) is 18.5 Å². The number of para-hydroxylation sites is 1. The second-order valence-corrected chi connectivity index (χ2v) is 9.36. The molecule has 0 saturated heterocycles. The summed E-state index contributed by atoms with van der Waals surface area (Å²) in [7, 11) is 0. The lowest BCUT2D eigenvalue weighted by molar-refractivity contribution is 0.0531. The highest BCUT2D eigenvalue weighted by molar-refractivity contribution is 7.20. The van der Waals surface area contributed by atoms with E-state index in [4.69, 9.17) is 9.47 Å². The van der Waals surface area contributed by atoms with Gasteiger partial charge in [-0.3, -0.25) is 9.69 Å². The van der Waals surface area contributed by atoms with Crippen molar-refractivity contribution in [3.63, 3.8) is 0 Å². The first-order valence-electron chi connectivity index (χ1n) is 11.2. The maximum atomic E-state index is 12.8. The molecular weight excluding hydrogens is 442 g/mol. The maximum absolute atomic E-state index is 12.8. The smallest absolute Gasteiger partial charge is 0.348 e. The average Bonchev–Trinajstić information content (AvgIpc) is 3.56. The molecule has 0 radical (unpaired) electrons. The quantitative estimate of drug-likeness (QED) is 0.438. The predicted octanol–water partition coefficient (Wildman–Crippen LogP) is 3.18. The van der Waals surface area contributed by atoms with E-state index in [-0.39, 0.29) is 18.8 Å². The number of nitrogens with zero attached hydrogens (tertiary/aromatic N) is 2. The van der Waals surface area contributed by atoms with Crippen LogP contribution >= 0.6 is 11.3 Å². The zero-order valence-electron chi connectivity index (χ0n) is 19.1. The SMILES string of the molecule is CCOC(=O)c1sc2nc(CN(C[C@@H](O)COc3ccccc3C)C3CC3)[nH]c(=O)c2c1C. The van der Waals surface area contributed by atoms with E-state index in [0.717, 1.165) is 24.2 Å². The van der Waals surface area contributed by atoms with Crippen LogP contribution in [0.2, 0.25) is 0 Å². The predicted molar refractivity (Wildman–Crippen MR) is 127 cm³/mol. The first-order valence-corrected chi connectivity index (χ1v) is 12.0. The molecule has 0 aliphatic heterocycles. The largest absolute Gasteiger partial charge is 0.491 e. The number of thiophene rings is 1. The van der Waals surface area contributed by atoms with E-state index < -0.39 is 12.1 Å². The van der Waals surface area contributed by atoms with Crippen molar-refractivity contribution >= 4 is 27.5 Å². The van der Waals surface area contributed by atoms with Crippen LogP contribution in [-0.2, 0) is 11.3 Å². The molecule has 8 nitrogen and oxygen atoms in total. The molecule has 2 heterocycles. The van der Waals surface area contributed by atoms with Crippen molar-refractivity contribution in [1.82, 2.24) is 14.9 Å². The molecule has 0 unspecified atom stereocenters. The standard InChI is InChI=1S/C24H29N3O5S/c1-4-31-24(30)21-15(3)20-22(29)25-19(26-23(20)33-21)12-27(16-9-10-16)11-17(28)13-32-18-8-6-5-7-14(18)2/h5-8,16-17,28H,4,9-13H2,1-3H3,(H,25,26,29)/t17-/m1/s1. The second-order valence-electron chi connectivity index (χ2n) is 8.36. The number of aromatic amines is 1. The molecule has 33 heavy (non-hydrogen) atoms. The fourth-order valence-electron chi connectivity index (χ4n) is 3.86. The van der Waals surface area contributed by atoms with Gasteiger partial charge in [-0.05, 0) is 50.8 Å². The Bertz CT molecular complexity index is 1200. The highest BCUT2D eigenvalue weighted by Crippen LogP contribution is 2.30. The summed E-state index contributed by atoms with van der Waals surface area (Å²) in [6.45, 7) is 6.73. The van der Waals surface area contributed by atoms with Gasteiger partial charge in [0, 0.05) is 12.6 Å². The minimum atomic E-state index is -0.681. The number of carbonyl (C=O) groups is 1. The van der Waals surface area contributed by atoms with Gasteiger partial charge < -0.3 is 19.6 Å². The number of nitrogens with one attached hydrogen (secondary N) is 1. The second kappa shape index (κ2) is 10.0. The summed E-state index contributed by atoms with van der Waals surface area (Å²) in [5.74, 6) is 0.842. The third-order valence-corrected chi connectivity index (χ3v) is 6.86. The average molecular weight is 472 g/mol. The van der Waals surface area contributed by atoms with Crippen molar-refractivity contribution in [1.29, 1.82) is 0 Å². The molecule has 1 aliphatic carbocycles. The molecule has 4 rings (SSSR count). The normalized spacial score (nSPS) is 14.6. The van der Waals surface area contributed by atoms with Gasteiger partial charge in [0.2, 0.25) is 0 Å². The Morgan fingerprint density at radius 2 is 2.09 bits per heavy atom. The fourth-order valence-corrected chi connectivity index (χ4v) is 4.95. The van der Waals surface area contributed by atoms with Gasteiger partial charge in [0.15, 0.2) is 0 Å². The number of aliphatic hydroxyl groups excluding tert-OH is 1. The highest BCUT2D eigenvalue weighted by Gasteiger charge is 2.31. The third kappa shape index (κ3) is 5.43. The van der Waals surface area contributed by atoms with Crippen LogP contribution in [0.1, 0.15) is 46.4 Å². The Labute approximate surface area is 196 Å². The van der Waals surface area contributed by atoms with Crippen molar-refractivity contribution in [2.75, 3.05) is 19.8 Å². The van der Waals surface area contributed by atoms with Crippen LogP contribution in [0.5, 0.6) is 5.75 Å². The Kier molecular flexibility index (Phi) is 7.11. The van der Waals surface area contributed by atoms with Crippen LogP contribution in [0.3, 0.4) is 0 Å². The molecule has 2 aromatic heterocycles. The topological polar surface area (TPSA) is 105 Å². The molecule has 1 atom stereocenters. The van der Waals surface area contributed by atoms with Crippen molar-refractivity contribution in [3.05, 3.63) is 56.4 Å². The maximum Gasteiger partial charge on any atom is 0.348 e. The Morgan fingerprint density at radius 3 is 2.79 bits per heavy atom. The minimum absolute atomic E-state index is 0.185. The van der Waals surface area contributed by atoms with E-state index in [0.29, 0.717) is 45.6 Å². The number of benzene rings is 1. The summed E-state index contributed by atoms with van der Waals surface area (Å²) < 4.78 is 10.9. The van der Waals surface area contributed by atoms with Gasteiger partial charge in [0.25, 0.3) is 5.56 Å². The van der Waals surface area contributed by atoms with E-state index in [9.17, 15) is 14.7 Å². The molecule has 2 N–H and O–H groups in total. The van der Waals surface area contributed by atoms with E-state index >= 15 is 0 Å². The highest BCUT2D eigenvalue weighted by atomic mass is 32.1. The molecule has 0 bridgehead atoms. The minimum Gasteiger partial charge on any atom is -0.491 e. The number of esters is 1. The summed E-state index contributed by atoms with van der Waals surface area (Å²) in [6.07, 6.45) is 1.41. The molecule has 1 saturated carbocycles. The number of rotatable bonds is 10. The van der Waals surface area contributed by atoms with Crippen LogP contribution < -0.4 is 10.3 Å². The van der Waals surface area contributed by atoms with Crippen LogP contribution in [0.25, 0.3) is 10.2 Å². The van der Waals surface area contributed by atoms with Gasteiger partial charge in [0.1, 0.15) is 34.0 Å². The molecule has 1 aliphatic rings. The lowest BCUT2D eigenvalue weighted by Crippen LogP contribution is -2.37. The third-order valence-electron chi connectivity index (χ3n) is 5.70. The van der Waals surface area contributed by atoms with Crippen LogP contribution in [0, 0.1) is 13.8 Å². The number of aryl methyl sites for hydroxylation is 2.